The zero-order valence-electron chi connectivity index (χ0n) is 4.36. The van der Waals surface area contributed by atoms with E-state index in [1.165, 1.54) is 0 Å². The van der Waals surface area contributed by atoms with Crippen molar-refractivity contribution in [2.75, 3.05) is 0 Å². The summed E-state index contributed by atoms with van der Waals surface area (Å²) in [6, 6.07) is 0. The van der Waals surface area contributed by atoms with E-state index in [4.69, 9.17) is 5.11 Å². The zero-order chi connectivity index (χ0) is 5.70. The zero-order valence-corrected chi connectivity index (χ0v) is 5.30. The van der Waals surface area contributed by atoms with Gasteiger partial charge in [-0.1, -0.05) is 6.08 Å². The minimum atomic E-state index is -0.764. The molecule has 0 rings (SSSR count). The van der Waals surface area contributed by atoms with E-state index in [1.807, 2.05) is 0 Å². The van der Waals surface area contributed by atoms with Crippen LogP contribution in [0.25, 0.3) is 0 Å². The van der Waals surface area contributed by atoms with Crippen LogP contribution in [0.2, 0.25) is 0 Å². The summed E-state index contributed by atoms with van der Waals surface area (Å²) in [5, 5.41) is 8.00. The number of carbonyl (C=O) groups is 1. The molecule has 1 radical (unpaired) electrons. The van der Waals surface area contributed by atoms with Gasteiger partial charge in [-0.3, -0.25) is 4.79 Å². The summed E-state index contributed by atoms with van der Waals surface area (Å²) in [6.07, 6.45) is 2.35. The molecule has 0 aliphatic carbocycles. The van der Waals surface area contributed by atoms with Crippen LogP contribution in [0, 0.1) is 0 Å². The molecule has 0 aromatic rings. The fourth-order valence-corrected chi connectivity index (χ4v) is 0.226. The van der Waals surface area contributed by atoms with E-state index in [0.29, 0.717) is 6.42 Å². The van der Waals surface area contributed by atoms with Crippen molar-refractivity contribution in [2.24, 2.45) is 0 Å². The predicted molar refractivity (Wildman–Crippen MR) is 27.1 cm³/mol. The quantitative estimate of drug-likeness (QED) is 0.499. The summed E-state index contributed by atoms with van der Waals surface area (Å²) in [6.45, 7) is 3.37. The Morgan fingerprint density at radius 1 is 1.75 bits per heavy atom. The summed E-state index contributed by atoms with van der Waals surface area (Å²) < 4.78 is 0. The van der Waals surface area contributed by atoms with Gasteiger partial charge in [0.25, 0.3) is 0 Å². The van der Waals surface area contributed by atoms with Gasteiger partial charge in [0, 0.05) is 23.5 Å². The Labute approximate surface area is 59.1 Å². The summed E-state index contributed by atoms with van der Waals surface area (Å²) in [7, 11) is 0. The first-order valence-electron chi connectivity index (χ1n) is 2.10. The van der Waals surface area contributed by atoms with Crippen LogP contribution in [0.1, 0.15) is 12.8 Å². The van der Waals surface area contributed by atoms with E-state index in [0.717, 1.165) is 0 Å². The van der Waals surface area contributed by atoms with Crippen molar-refractivity contribution in [1.82, 2.24) is 0 Å². The van der Waals surface area contributed by atoms with E-state index in [2.05, 4.69) is 6.58 Å². The molecule has 0 aliphatic rings. The molecule has 0 aliphatic heterocycles. The Hall–Kier alpha value is -0.271. The van der Waals surface area contributed by atoms with Crippen LogP contribution in [0.3, 0.4) is 0 Å². The maximum absolute atomic E-state index is 9.71. The Morgan fingerprint density at radius 2 is 2.25 bits per heavy atom. The average molecular weight is 164 g/mol. The predicted octanol–water partition coefficient (Wildman–Crippen LogP) is 1.03. The SMILES string of the molecule is C=CCCC(=O)O.[Cu]. The molecular weight excluding hydrogens is 156 g/mol. The number of hydrogen-bond donors (Lipinski definition) is 1. The Morgan fingerprint density at radius 3 is 2.38 bits per heavy atom. The number of allylic oxidation sites excluding steroid dienone is 1. The molecule has 0 unspecified atom stereocenters. The number of carboxylic acid groups (broad SMARTS) is 1. The van der Waals surface area contributed by atoms with Gasteiger partial charge in [0.05, 0.1) is 0 Å². The third-order valence-corrected chi connectivity index (χ3v) is 0.562. The Balaban J connectivity index is 0. The van der Waals surface area contributed by atoms with Gasteiger partial charge in [-0.2, -0.15) is 0 Å². The minimum Gasteiger partial charge on any atom is -0.481 e. The van der Waals surface area contributed by atoms with Crippen LogP contribution >= 0.6 is 0 Å². The minimum absolute atomic E-state index is 0. The molecule has 0 heterocycles. The second-order valence-electron chi connectivity index (χ2n) is 1.22. The molecule has 0 amide bonds. The second kappa shape index (κ2) is 6.73. The third-order valence-electron chi connectivity index (χ3n) is 0.562. The monoisotopic (exact) mass is 163 g/mol. The molecule has 2 nitrogen and oxygen atoms in total. The molecule has 3 heteroatoms. The van der Waals surface area contributed by atoms with Gasteiger partial charge in [0.15, 0.2) is 0 Å². The van der Waals surface area contributed by atoms with Crippen LogP contribution in [0.15, 0.2) is 12.7 Å². The molecule has 0 fully saturated rings. The second-order valence-corrected chi connectivity index (χ2v) is 1.22. The summed E-state index contributed by atoms with van der Waals surface area (Å²) in [5.41, 5.74) is 0. The maximum Gasteiger partial charge on any atom is 0.303 e. The van der Waals surface area contributed by atoms with Crippen LogP contribution in [0.4, 0.5) is 0 Å². The van der Waals surface area contributed by atoms with Crippen molar-refractivity contribution < 1.29 is 27.0 Å². The van der Waals surface area contributed by atoms with Gasteiger partial charge in [-0.15, -0.1) is 6.58 Å². The molecule has 0 bridgehead atoms. The molecule has 1 N–H and O–H groups in total. The topological polar surface area (TPSA) is 37.3 Å². The fourth-order valence-electron chi connectivity index (χ4n) is 0.226. The van der Waals surface area contributed by atoms with Gasteiger partial charge in [0.1, 0.15) is 0 Å². The number of aliphatic carboxylic acids is 1. The van der Waals surface area contributed by atoms with E-state index in [1.54, 1.807) is 6.08 Å². The normalized spacial score (nSPS) is 7.00. The van der Waals surface area contributed by atoms with Crippen molar-refractivity contribution in [1.29, 1.82) is 0 Å². The molecular formula is C5H8CuO2. The molecule has 51 valence electrons. The average Bonchev–Trinajstić information content (AvgIpc) is 1.61. The molecule has 0 spiro atoms. The summed E-state index contributed by atoms with van der Waals surface area (Å²) in [4.78, 5) is 9.71. The van der Waals surface area contributed by atoms with E-state index < -0.39 is 5.97 Å². The van der Waals surface area contributed by atoms with Crippen LogP contribution in [-0.4, -0.2) is 11.1 Å². The summed E-state index contributed by atoms with van der Waals surface area (Å²) >= 11 is 0. The molecule has 8 heavy (non-hydrogen) atoms. The number of carboxylic acids is 1. The largest absolute Gasteiger partial charge is 0.481 e. The van der Waals surface area contributed by atoms with Gasteiger partial charge < -0.3 is 5.11 Å². The van der Waals surface area contributed by atoms with Gasteiger partial charge in [0.2, 0.25) is 0 Å². The van der Waals surface area contributed by atoms with Crippen molar-refractivity contribution in [3.63, 3.8) is 0 Å². The number of hydrogen-bond acceptors (Lipinski definition) is 1. The van der Waals surface area contributed by atoms with Crippen LogP contribution < -0.4 is 0 Å². The Bertz CT molecular complexity index is 80.5. The molecule has 0 saturated heterocycles. The molecule has 0 aromatic heterocycles. The van der Waals surface area contributed by atoms with Gasteiger partial charge >= 0.3 is 5.97 Å². The van der Waals surface area contributed by atoms with Crippen molar-refractivity contribution in [2.45, 2.75) is 12.8 Å². The van der Waals surface area contributed by atoms with Gasteiger partial charge in [-0.05, 0) is 6.42 Å². The van der Waals surface area contributed by atoms with Crippen molar-refractivity contribution in [3.8, 4) is 0 Å². The van der Waals surface area contributed by atoms with E-state index in [9.17, 15) is 4.79 Å². The van der Waals surface area contributed by atoms with Crippen molar-refractivity contribution in [3.05, 3.63) is 12.7 Å². The van der Waals surface area contributed by atoms with Gasteiger partial charge in [-0.25, -0.2) is 0 Å². The van der Waals surface area contributed by atoms with E-state index >= 15 is 0 Å². The van der Waals surface area contributed by atoms with Crippen molar-refractivity contribution >= 4 is 5.97 Å². The van der Waals surface area contributed by atoms with Crippen LogP contribution in [0.5, 0.6) is 0 Å². The first kappa shape index (κ1) is 10.7. The van der Waals surface area contributed by atoms with Crippen LogP contribution in [-0.2, 0) is 21.9 Å². The molecule has 0 atom stereocenters. The molecule has 0 saturated carbocycles. The summed E-state index contributed by atoms with van der Waals surface area (Å²) in [5.74, 6) is -0.764. The Kier molecular flexibility index (Phi) is 8.97. The first-order valence-corrected chi connectivity index (χ1v) is 2.10. The first-order chi connectivity index (χ1) is 3.27. The fraction of sp³-hybridized carbons (Fsp3) is 0.400. The van der Waals surface area contributed by atoms with E-state index in [-0.39, 0.29) is 23.5 Å². The standard InChI is InChI=1S/C5H8O2.Cu/c1-2-3-4-5(6)7;/h2H,1,3-4H2,(H,6,7);. The third kappa shape index (κ3) is 9.21. The molecule has 0 aromatic carbocycles. The smallest absolute Gasteiger partial charge is 0.303 e. The maximum atomic E-state index is 9.71. The number of rotatable bonds is 3.